The summed E-state index contributed by atoms with van der Waals surface area (Å²) < 4.78 is 33.4. The number of benzene rings is 2. The predicted octanol–water partition coefficient (Wildman–Crippen LogP) is 6.16. The molecule has 0 fully saturated rings. The highest BCUT2D eigenvalue weighted by Gasteiger charge is 2.22. The number of amides is 1. The summed E-state index contributed by atoms with van der Waals surface area (Å²) in [4.78, 5) is 30.3. The number of nitrogens with one attached hydrogen (secondary N) is 2. The standard InChI is InChI=1S/C32H39FN4O5/c1-19(2)14-21(36-31(39)42-32(3,4)5)18-41-27-16-26-24(15-25(27)33)23-12-13-34-29(28(23)30(38)37(26)6)35-17-20-8-10-22(40-7)11-9-20/h8-13,15-16,19,21H,14,17-18H2,1-7H3,(H,34,35)(H,36,39). The molecule has 0 bridgehead atoms. The number of aryl methyl sites for hydroxylation is 1. The lowest BCUT2D eigenvalue weighted by atomic mass is 10.0. The Morgan fingerprint density at radius 3 is 2.45 bits per heavy atom. The summed E-state index contributed by atoms with van der Waals surface area (Å²) in [6.07, 6.45) is 1.64. The van der Waals surface area contributed by atoms with Crippen molar-refractivity contribution < 1.29 is 23.4 Å². The Hall–Kier alpha value is -4.34. The molecule has 0 saturated heterocycles. The third kappa shape index (κ3) is 7.29. The number of pyridine rings is 2. The van der Waals surface area contributed by atoms with E-state index in [1.54, 1.807) is 47.2 Å². The van der Waals surface area contributed by atoms with E-state index in [0.29, 0.717) is 40.5 Å². The maximum Gasteiger partial charge on any atom is 0.407 e. The molecule has 1 atom stereocenters. The van der Waals surface area contributed by atoms with Crippen LogP contribution in [0.15, 0.2) is 53.5 Å². The van der Waals surface area contributed by atoms with E-state index in [0.717, 1.165) is 11.3 Å². The smallest absolute Gasteiger partial charge is 0.407 e. The van der Waals surface area contributed by atoms with E-state index in [1.165, 1.54) is 16.7 Å². The van der Waals surface area contributed by atoms with Crippen LogP contribution in [0, 0.1) is 11.7 Å². The van der Waals surface area contributed by atoms with Gasteiger partial charge in [-0.2, -0.15) is 0 Å². The number of carbonyl (C=O) groups excluding carboxylic acids is 1. The normalized spacial score (nSPS) is 12.4. The number of carbonyl (C=O) groups is 1. The molecule has 0 spiro atoms. The van der Waals surface area contributed by atoms with Crippen molar-refractivity contribution in [3.05, 3.63) is 70.4 Å². The molecule has 224 valence electrons. The molecule has 2 aromatic heterocycles. The van der Waals surface area contributed by atoms with E-state index < -0.39 is 23.6 Å². The van der Waals surface area contributed by atoms with Gasteiger partial charge in [0.1, 0.15) is 23.8 Å². The van der Waals surface area contributed by atoms with Crippen LogP contribution in [0.4, 0.5) is 15.0 Å². The zero-order valence-electron chi connectivity index (χ0n) is 25.2. The van der Waals surface area contributed by atoms with Crippen molar-refractivity contribution in [2.75, 3.05) is 19.0 Å². The second-order valence-electron chi connectivity index (χ2n) is 11.7. The Bertz CT molecular complexity index is 1630. The van der Waals surface area contributed by atoms with E-state index in [-0.39, 0.29) is 23.8 Å². The molecule has 0 saturated carbocycles. The Morgan fingerprint density at radius 1 is 1.10 bits per heavy atom. The number of nitrogens with zero attached hydrogens (tertiary/aromatic N) is 2. The highest BCUT2D eigenvalue weighted by atomic mass is 19.1. The number of hydrogen-bond acceptors (Lipinski definition) is 7. The molecule has 2 N–H and O–H groups in total. The lowest BCUT2D eigenvalue weighted by Gasteiger charge is -2.25. The minimum absolute atomic E-state index is 0.0106. The number of ether oxygens (including phenoxy) is 3. The van der Waals surface area contributed by atoms with E-state index in [1.807, 2.05) is 38.1 Å². The molecular weight excluding hydrogens is 539 g/mol. The number of methoxy groups -OCH3 is 1. The van der Waals surface area contributed by atoms with E-state index in [4.69, 9.17) is 14.2 Å². The molecule has 0 aliphatic heterocycles. The second-order valence-corrected chi connectivity index (χ2v) is 11.7. The first-order valence-corrected chi connectivity index (χ1v) is 14.0. The molecule has 2 heterocycles. The van der Waals surface area contributed by atoms with Gasteiger partial charge >= 0.3 is 6.09 Å². The molecule has 0 aliphatic rings. The van der Waals surface area contributed by atoms with Crippen LogP contribution in [0.5, 0.6) is 11.5 Å². The molecule has 9 nitrogen and oxygen atoms in total. The van der Waals surface area contributed by atoms with Crippen LogP contribution in [0.25, 0.3) is 21.7 Å². The maximum atomic E-state index is 15.4. The zero-order chi connectivity index (χ0) is 30.6. The minimum atomic E-state index is -0.647. The van der Waals surface area contributed by atoms with Gasteiger partial charge in [-0.25, -0.2) is 14.2 Å². The van der Waals surface area contributed by atoms with E-state index >= 15 is 4.39 Å². The number of anilines is 1. The van der Waals surface area contributed by atoms with E-state index in [2.05, 4.69) is 15.6 Å². The molecule has 2 aromatic carbocycles. The topological polar surface area (TPSA) is 104 Å². The van der Waals surface area contributed by atoms with Gasteiger partial charge in [0.05, 0.1) is 24.1 Å². The van der Waals surface area contributed by atoms with Crippen LogP contribution >= 0.6 is 0 Å². The molecular formula is C32H39FN4O5. The quantitative estimate of drug-likeness (QED) is 0.217. The van der Waals surface area contributed by atoms with Crippen LogP contribution in [0.1, 0.15) is 46.6 Å². The summed E-state index contributed by atoms with van der Waals surface area (Å²) in [7, 11) is 3.25. The number of alkyl carbamates (subject to hydrolysis) is 1. The predicted molar refractivity (Wildman–Crippen MR) is 163 cm³/mol. The summed E-state index contributed by atoms with van der Waals surface area (Å²) in [5, 5.41) is 7.58. The van der Waals surface area contributed by atoms with Crippen molar-refractivity contribution in [1.82, 2.24) is 14.9 Å². The lowest BCUT2D eigenvalue weighted by Crippen LogP contribution is -2.42. The van der Waals surface area contributed by atoms with E-state index in [9.17, 15) is 9.59 Å². The first-order chi connectivity index (χ1) is 19.9. The molecule has 0 aliphatic carbocycles. The summed E-state index contributed by atoms with van der Waals surface area (Å²) in [6, 6.07) is 11.8. The highest BCUT2D eigenvalue weighted by Crippen LogP contribution is 2.31. The monoisotopic (exact) mass is 578 g/mol. The van der Waals surface area contributed by atoms with Gasteiger partial charge in [-0.05, 0) is 62.9 Å². The highest BCUT2D eigenvalue weighted by molar-refractivity contribution is 6.09. The summed E-state index contributed by atoms with van der Waals surface area (Å²) >= 11 is 0. The average molecular weight is 579 g/mol. The molecule has 42 heavy (non-hydrogen) atoms. The third-order valence-corrected chi connectivity index (χ3v) is 6.71. The summed E-state index contributed by atoms with van der Waals surface area (Å²) in [5.41, 5.74) is 0.574. The van der Waals surface area contributed by atoms with Crippen molar-refractivity contribution >= 4 is 33.6 Å². The molecule has 10 heteroatoms. The van der Waals surface area contributed by atoms with Crippen LogP contribution in [-0.4, -0.2) is 41.0 Å². The van der Waals surface area contributed by atoms with Crippen molar-refractivity contribution in [2.24, 2.45) is 13.0 Å². The van der Waals surface area contributed by atoms with Crippen LogP contribution in [0.2, 0.25) is 0 Å². The van der Waals surface area contributed by atoms with Gasteiger partial charge < -0.3 is 29.4 Å². The van der Waals surface area contributed by atoms with Gasteiger partial charge in [0.2, 0.25) is 0 Å². The minimum Gasteiger partial charge on any atom is -0.497 e. The number of aromatic nitrogens is 2. The number of rotatable bonds is 10. The fourth-order valence-electron chi connectivity index (χ4n) is 4.79. The largest absolute Gasteiger partial charge is 0.497 e. The zero-order valence-corrected chi connectivity index (χ0v) is 25.2. The lowest BCUT2D eigenvalue weighted by molar-refractivity contribution is 0.0479. The Morgan fingerprint density at radius 2 is 1.81 bits per heavy atom. The Kier molecular flexibility index (Phi) is 9.23. The SMILES string of the molecule is COc1ccc(CNc2nccc3c2c(=O)n(C)c2cc(OCC(CC(C)C)NC(=O)OC(C)(C)C)c(F)cc32)cc1. The second kappa shape index (κ2) is 12.7. The molecule has 4 aromatic rings. The Balaban J connectivity index is 1.62. The molecule has 4 rings (SSSR count). The van der Waals surface area contributed by atoms with Gasteiger partial charge in [0.15, 0.2) is 11.6 Å². The van der Waals surface area contributed by atoms with Crippen molar-refractivity contribution in [3.63, 3.8) is 0 Å². The van der Waals surface area contributed by atoms with Crippen molar-refractivity contribution in [2.45, 2.75) is 59.2 Å². The number of fused-ring (bicyclic) bond motifs is 3. The fraction of sp³-hybridized carbons (Fsp3) is 0.406. The van der Waals surface area contributed by atoms with Gasteiger partial charge in [0, 0.05) is 36.6 Å². The fourth-order valence-corrected chi connectivity index (χ4v) is 4.79. The van der Waals surface area contributed by atoms with Crippen LogP contribution in [-0.2, 0) is 18.3 Å². The van der Waals surface area contributed by atoms with Crippen molar-refractivity contribution in [1.29, 1.82) is 0 Å². The first kappa shape index (κ1) is 30.6. The van der Waals surface area contributed by atoms with Crippen LogP contribution < -0.4 is 25.7 Å². The maximum absolute atomic E-state index is 15.4. The molecule has 1 amide bonds. The molecule has 1 unspecified atom stereocenters. The third-order valence-electron chi connectivity index (χ3n) is 6.71. The van der Waals surface area contributed by atoms with Gasteiger partial charge in [-0.3, -0.25) is 4.79 Å². The summed E-state index contributed by atoms with van der Waals surface area (Å²) in [5.74, 6) is 0.832. The molecule has 0 radical (unpaired) electrons. The van der Waals surface area contributed by atoms with Gasteiger partial charge in [0.25, 0.3) is 5.56 Å². The Labute approximate surface area is 245 Å². The van der Waals surface area contributed by atoms with Crippen LogP contribution in [0.3, 0.4) is 0 Å². The van der Waals surface area contributed by atoms with Gasteiger partial charge in [-0.15, -0.1) is 0 Å². The average Bonchev–Trinajstić information content (AvgIpc) is 2.92. The van der Waals surface area contributed by atoms with Crippen molar-refractivity contribution in [3.8, 4) is 11.5 Å². The number of hydrogen-bond donors (Lipinski definition) is 2. The number of halogens is 1. The van der Waals surface area contributed by atoms with Gasteiger partial charge in [-0.1, -0.05) is 26.0 Å². The first-order valence-electron chi connectivity index (χ1n) is 14.0. The summed E-state index contributed by atoms with van der Waals surface area (Å²) in [6.45, 7) is 9.88.